The Balaban J connectivity index is 1.45. The normalized spacial score (nSPS) is 14.4. The molecule has 1 aliphatic rings. The standard InChI is InChI=1S/C21H24N2O5S2/c24-20(16-28-21(25)11-14-29-18-8-2-1-3-9-18)22-17-7-6-10-19(15-17)30(26,27)23-12-4-5-13-23/h1-3,6-10,15H,4-5,11-14,16H2,(H,22,24). The Morgan fingerprint density at radius 1 is 1.03 bits per heavy atom. The smallest absolute Gasteiger partial charge is 0.307 e. The third-order valence-electron chi connectivity index (χ3n) is 4.50. The summed E-state index contributed by atoms with van der Waals surface area (Å²) in [5, 5.41) is 2.58. The van der Waals surface area contributed by atoms with Crippen LogP contribution in [0.1, 0.15) is 19.3 Å². The minimum absolute atomic E-state index is 0.136. The summed E-state index contributed by atoms with van der Waals surface area (Å²) in [7, 11) is -3.56. The summed E-state index contributed by atoms with van der Waals surface area (Å²) in [5.41, 5.74) is 0.343. The summed E-state index contributed by atoms with van der Waals surface area (Å²) in [6.45, 7) is 0.604. The second kappa shape index (κ2) is 10.6. The number of hydrogen-bond acceptors (Lipinski definition) is 6. The topological polar surface area (TPSA) is 92.8 Å². The highest BCUT2D eigenvalue weighted by Gasteiger charge is 2.27. The molecule has 2 aromatic carbocycles. The molecule has 3 rings (SSSR count). The van der Waals surface area contributed by atoms with Gasteiger partial charge in [-0.25, -0.2) is 8.42 Å². The molecule has 0 atom stereocenters. The van der Waals surface area contributed by atoms with Gasteiger partial charge in [0.2, 0.25) is 10.0 Å². The molecule has 2 aromatic rings. The predicted molar refractivity (Wildman–Crippen MR) is 116 cm³/mol. The van der Waals surface area contributed by atoms with E-state index in [1.54, 1.807) is 12.1 Å². The van der Waals surface area contributed by atoms with Crippen molar-refractivity contribution in [1.29, 1.82) is 0 Å². The number of anilines is 1. The van der Waals surface area contributed by atoms with Crippen molar-refractivity contribution in [2.24, 2.45) is 0 Å². The highest BCUT2D eigenvalue weighted by molar-refractivity contribution is 7.99. The molecule has 1 amide bonds. The van der Waals surface area contributed by atoms with E-state index >= 15 is 0 Å². The van der Waals surface area contributed by atoms with E-state index in [4.69, 9.17) is 4.74 Å². The first-order chi connectivity index (χ1) is 14.4. The van der Waals surface area contributed by atoms with Crippen LogP contribution in [-0.4, -0.2) is 50.0 Å². The van der Waals surface area contributed by atoms with E-state index in [2.05, 4.69) is 5.32 Å². The molecule has 160 valence electrons. The molecule has 1 aliphatic heterocycles. The zero-order valence-corrected chi connectivity index (χ0v) is 18.1. The molecule has 0 aliphatic carbocycles. The second-order valence-electron chi connectivity index (χ2n) is 6.76. The molecule has 0 bridgehead atoms. The summed E-state index contributed by atoms with van der Waals surface area (Å²) in [6.07, 6.45) is 1.90. The Morgan fingerprint density at radius 2 is 1.77 bits per heavy atom. The van der Waals surface area contributed by atoms with Crippen molar-refractivity contribution in [3.63, 3.8) is 0 Å². The first-order valence-corrected chi connectivity index (χ1v) is 12.1. The van der Waals surface area contributed by atoms with Crippen LogP contribution in [0.15, 0.2) is 64.4 Å². The number of rotatable bonds is 9. The zero-order valence-electron chi connectivity index (χ0n) is 16.5. The highest BCUT2D eigenvalue weighted by atomic mass is 32.2. The quantitative estimate of drug-likeness (QED) is 0.468. The number of amides is 1. The van der Waals surface area contributed by atoms with Crippen LogP contribution in [0.25, 0.3) is 0 Å². The van der Waals surface area contributed by atoms with Crippen molar-refractivity contribution in [2.45, 2.75) is 29.1 Å². The molecule has 0 unspecified atom stereocenters. The van der Waals surface area contributed by atoms with Gasteiger partial charge in [0.25, 0.3) is 5.91 Å². The van der Waals surface area contributed by atoms with Crippen LogP contribution < -0.4 is 5.32 Å². The third kappa shape index (κ3) is 6.32. The van der Waals surface area contributed by atoms with E-state index in [1.807, 2.05) is 30.3 Å². The number of nitrogens with one attached hydrogen (secondary N) is 1. The molecule has 1 fully saturated rings. The number of hydrogen-bond donors (Lipinski definition) is 1. The fourth-order valence-electron chi connectivity index (χ4n) is 3.00. The van der Waals surface area contributed by atoms with Gasteiger partial charge < -0.3 is 10.1 Å². The van der Waals surface area contributed by atoms with Crippen molar-refractivity contribution in [2.75, 3.05) is 30.8 Å². The molecule has 9 heteroatoms. The second-order valence-corrected chi connectivity index (χ2v) is 9.87. The number of thioether (sulfide) groups is 1. The summed E-state index contributed by atoms with van der Waals surface area (Å²) < 4.78 is 31.7. The lowest BCUT2D eigenvalue weighted by Gasteiger charge is -2.16. The van der Waals surface area contributed by atoms with Gasteiger partial charge in [0.15, 0.2) is 6.61 Å². The number of benzene rings is 2. The van der Waals surface area contributed by atoms with Crippen LogP contribution in [-0.2, 0) is 24.3 Å². The van der Waals surface area contributed by atoms with Crippen LogP contribution in [0.3, 0.4) is 0 Å². The minimum Gasteiger partial charge on any atom is -0.456 e. The van der Waals surface area contributed by atoms with Gasteiger partial charge in [-0.15, -0.1) is 11.8 Å². The number of carbonyl (C=O) groups is 2. The van der Waals surface area contributed by atoms with Crippen molar-refractivity contribution >= 4 is 39.3 Å². The van der Waals surface area contributed by atoms with Gasteiger partial charge in [0, 0.05) is 29.4 Å². The van der Waals surface area contributed by atoms with Gasteiger partial charge in [-0.3, -0.25) is 9.59 Å². The molecule has 1 N–H and O–H groups in total. The Kier molecular flexibility index (Phi) is 7.89. The maximum absolute atomic E-state index is 12.6. The van der Waals surface area contributed by atoms with Gasteiger partial charge in [0.05, 0.1) is 11.3 Å². The van der Waals surface area contributed by atoms with Crippen molar-refractivity contribution in [3.8, 4) is 0 Å². The van der Waals surface area contributed by atoms with Crippen LogP contribution in [0.5, 0.6) is 0 Å². The van der Waals surface area contributed by atoms with Gasteiger partial charge in [-0.1, -0.05) is 24.3 Å². The van der Waals surface area contributed by atoms with E-state index < -0.39 is 28.5 Å². The Labute approximate surface area is 180 Å². The number of ether oxygens (including phenoxy) is 1. The monoisotopic (exact) mass is 448 g/mol. The molecule has 0 saturated carbocycles. The third-order valence-corrected chi connectivity index (χ3v) is 7.41. The molecule has 0 radical (unpaired) electrons. The van der Waals surface area contributed by atoms with E-state index in [0.29, 0.717) is 24.5 Å². The van der Waals surface area contributed by atoms with E-state index in [1.165, 1.54) is 28.2 Å². The highest BCUT2D eigenvalue weighted by Crippen LogP contribution is 2.23. The predicted octanol–water partition coefficient (Wildman–Crippen LogP) is 3.14. The molecule has 1 saturated heterocycles. The van der Waals surface area contributed by atoms with Crippen LogP contribution in [0.2, 0.25) is 0 Å². The lowest BCUT2D eigenvalue weighted by molar-refractivity contribution is -0.146. The molecular weight excluding hydrogens is 424 g/mol. The Hall–Kier alpha value is -2.36. The number of esters is 1. The lowest BCUT2D eigenvalue weighted by atomic mass is 10.3. The Morgan fingerprint density at radius 3 is 2.50 bits per heavy atom. The summed E-state index contributed by atoms with van der Waals surface area (Å²) >= 11 is 1.54. The van der Waals surface area contributed by atoms with Crippen LogP contribution >= 0.6 is 11.8 Å². The van der Waals surface area contributed by atoms with Gasteiger partial charge in [-0.05, 0) is 43.2 Å². The number of carbonyl (C=O) groups excluding carboxylic acids is 2. The van der Waals surface area contributed by atoms with E-state index in [0.717, 1.165) is 17.7 Å². The van der Waals surface area contributed by atoms with E-state index in [-0.39, 0.29) is 11.3 Å². The van der Waals surface area contributed by atoms with Crippen molar-refractivity contribution in [1.82, 2.24) is 4.31 Å². The summed E-state index contributed by atoms with van der Waals surface area (Å²) in [5.74, 6) is -0.422. The van der Waals surface area contributed by atoms with E-state index in [9.17, 15) is 18.0 Å². The van der Waals surface area contributed by atoms with Crippen molar-refractivity contribution in [3.05, 3.63) is 54.6 Å². The zero-order chi connectivity index (χ0) is 21.4. The fraction of sp³-hybridized carbons (Fsp3) is 0.333. The average Bonchev–Trinajstić information content (AvgIpc) is 3.29. The van der Waals surface area contributed by atoms with Gasteiger partial charge in [0.1, 0.15) is 0 Å². The van der Waals surface area contributed by atoms with Gasteiger partial charge >= 0.3 is 5.97 Å². The van der Waals surface area contributed by atoms with Gasteiger partial charge in [-0.2, -0.15) is 4.31 Å². The summed E-state index contributed by atoms with van der Waals surface area (Å²) in [4.78, 5) is 25.1. The Bertz CT molecular complexity index is 974. The maximum Gasteiger partial charge on any atom is 0.307 e. The molecule has 30 heavy (non-hydrogen) atoms. The number of sulfonamides is 1. The molecule has 0 aromatic heterocycles. The lowest BCUT2D eigenvalue weighted by Crippen LogP contribution is -2.28. The fourth-order valence-corrected chi connectivity index (χ4v) is 5.41. The molecular formula is C21H24N2O5S2. The SMILES string of the molecule is O=C(COC(=O)CCSc1ccccc1)Nc1cccc(S(=O)(=O)N2CCCC2)c1. The number of nitrogens with zero attached hydrogens (tertiary/aromatic N) is 1. The average molecular weight is 449 g/mol. The molecule has 1 heterocycles. The molecule has 0 spiro atoms. The molecule has 7 nitrogen and oxygen atoms in total. The first-order valence-electron chi connectivity index (χ1n) is 9.69. The summed E-state index contributed by atoms with van der Waals surface area (Å²) in [6, 6.07) is 15.8. The maximum atomic E-state index is 12.6. The largest absolute Gasteiger partial charge is 0.456 e. The van der Waals surface area contributed by atoms with Crippen LogP contribution in [0.4, 0.5) is 5.69 Å². The minimum atomic E-state index is -3.56. The van der Waals surface area contributed by atoms with Crippen molar-refractivity contribution < 1.29 is 22.7 Å². The first kappa shape index (κ1) is 22.3. The van der Waals surface area contributed by atoms with Crippen LogP contribution in [0, 0.1) is 0 Å².